The molecule has 0 aromatic heterocycles. The van der Waals surface area contributed by atoms with E-state index in [-0.39, 0.29) is 11.3 Å². The average Bonchev–Trinajstić information content (AvgIpc) is 2.28. The number of alkyl halides is 1. The van der Waals surface area contributed by atoms with E-state index < -0.39 is 9.84 Å². The first-order chi connectivity index (χ1) is 7.93. The van der Waals surface area contributed by atoms with Gasteiger partial charge in [-0.05, 0) is 24.2 Å². The van der Waals surface area contributed by atoms with Crippen LogP contribution >= 0.6 is 15.9 Å². The number of sulfone groups is 1. The standard InChI is InChI=1S/C12H23BrO3S/c1-3-11(2)8-17(14,15)10-12(9-13)4-6-16-7-5-12/h11H,3-10H2,1-2H3. The van der Waals surface area contributed by atoms with Crippen molar-refractivity contribution in [3.8, 4) is 0 Å². The lowest BCUT2D eigenvalue weighted by molar-refractivity contribution is 0.0367. The summed E-state index contributed by atoms with van der Waals surface area (Å²) in [6.45, 7) is 5.41. The molecule has 1 heterocycles. The van der Waals surface area contributed by atoms with Gasteiger partial charge in [0.15, 0.2) is 9.84 Å². The highest BCUT2D eigenvalue weighted by Crippen LogP contribution is 2.34. The van der Waals surface area contributed by atoms with Crippen molar-refractivity contribution in [1.29, 1.82) is 0 Å². The molecule has 0 amide bonds. The third-order valence-corrected chi connectivity index (χ3v) is 6.92. The van der Waals surface area contributed by atoms with Crippen LogP contribution in [0.25, 0.3) is 0 Å². The van der Waals surface area contributed by atoms with Crippen molar-refractivity contribution in [3.63, 3.8) is 0 Å². The smallest absolute Gasteiger partial charge is 0.151 e. The summed E-state index contributed by atoms with van der Waals surface area (Å²) >= 11 is 3.48. The van der Waals surface area contributed by atoms with Gasteiger partial charge in [-0.25, -0.2) is 8.42 Å². The van der Waals surface area contributed by atoms with Gasteiger partial charge in [0, 0.05) is 18.5 Å². The third kappa shape index (κ3) is 4.87. The summed E-state index contributed by atoms with van der Waals surface area (Å²) in [5.74, 6) is 0.880. The lowest BCUT2D eigenvalue weighted by Gasteiger charge is -2.35. The highest BCUT2D eigenvalue weighted by molar-refractivity contribution is 9.09. The molecule has 0 aliphatic carbocycles. The van der Waals surface area contributed by atoms with Gasteiger partial charge in [-0.1, -0.05) is 36.2 Å². The fraction of sp³-hybridized carbons (Fsp3) is 1.00. The van der Waals surface area contributed by atoms with E-state index in [0.29, 0.717) is 24.7 Å². The molecule has 1 rings (SSSR count). The van der Waals surface area contributed by atoms with Crippen LogP contribution in [0, 0.1) is 11.3 Å². The molecular formula is C12H23BrO3S. The number of hydrogen-bond donors (Lipinski definition) is 0. The first-order valence-corrected chi connectivity index (χ1v) is 9.21. The number of hydrogen-bond acceptors (Lipinski definition) is 3. The Hall–Kier alpha value is 0.390. The van der Waals surface area contributed by atoms with Crippen LogP contribution in [0.3, 0.4) is 0 Å². The highest BCUT2D eigenvalue weighted by Gasteiger charge is 2.36. The van der Waals surface area contributed by atoms with Crippen LogP contribution in [0.1, 0.15) is 33.1 Å². The summed E-state index contributed by atoms with van der Waals surface area (Å²) in [6, 6.07) is 0. The fourth-order valence-corrected chi connectivity index (χ4v) is 5.76. The van der Waals surface area contributed by atoms with Gasteiger partial charge in [0.25, 0.3) is 0 Å². The molecule has 0 saturated carbocycles. The van der Waals surface area contributed by atoms with Gasteiger partial charge in [-0.2, -0.15) is 0 Å². The summed E-state index contributed by atoms with van der Waals surface area (Å²) in [7, 11) is -2.95. The van der Waals surface area contributed by atoms with E-state index in [1.807, 2.05) is 13.8 Å². The molecule has 0 bridgehead atoms. The summed E-state index contributed by atoms with van der Waals surface area (Å²) in [6.07, 6.45) is 2.61. The molecule has 1 aliphatic rings. The van der Waals surface area contributed by atoms with Crippen LogP contribution in [-0.2, 0) is 14.6 Å². The maximum absolute atomic E-state index is 12.2. The molecule has 1 unspecified atom stereocenters. The number of ether oxygens (including phenoxy) is 1. The number of halogens is 1. The second kappa shape index (κ2) is 6.53. The lowest BCUT2D eigenvalue weighted by atomic mass is 9.85. The van der Waals surface area contributed by atoms with Crippen molar-refractivity contribution in [1.82, 2.24) is 0 Å². The molecule has 0 radical (unpaired) electrons. The first kappa shape index (κ1) is 15.4. The Morgan fingerprint density at radius 2 is 1.94 bits per heavy atom. The van der Waals surface area contributed by atoms with Gasteiger partial charge in [0.2, 0.25) is 0 Å². The maximum atomic E-state index is 12.2. The Morgan fingerprint density at radius 1 is 1.35 bits per heavy atom. The molecule has 0 spiro atoms. The van der Waals surface area contributed by atoms with Crippen LogP contribution in [0.2, 0.25) is 0 Å². The van der Waals surface area contributed by atoms with Crippen molar-refractivity contribution in [3.05, 3.63) is 0 Å². The molecule has 0 N–H and O–H groups in total. The zero-order valence-corrected chi connectivity index (χ0v) is 13.1. The Bertz CT molecular complexity index is 321. The van der Waals surface area contributed by atoms with E-state index in [0.717, 1.165) is 24.6 Å². The predicted octanol–water partition coefficient (Wildman–Crippen LogP) is 2.64. The van der Waals surface area contributed by atoms with Crippen molar-refractivity contribution >= 4 is 25.8 Å². The highest BCUT2D eigenvalue weighted by atomic mass is 79.9. The fourth-order valence-electron chi connectivity index (χ4n) is 2.20. The van der Waals surface area contributed by atoms with Crippen molar-refractivity contribution in [2.75, 3.05) is 30.0 Å². The van der Waals surface area contributed by atoms with Gasteiger partial charge in [-0.3, -0.25) is 0 Å². The van der Waals surface area contributed by atoms with Crippen molar-refractivity contribution in [2.45, 2.75) is 33.1 Å². The summed E-state index contributed by atoms with van der Waals surface area (Å²) < 4.78 is 29.7. The largest absolute Gasteiger partial charge is 0.381 e. The van der Waals surface area contributed by atoms with Gasteiger partial charge >= 0.3 is 0 Å². The zero-order valence-electron chi connectivity index (χ0n) is 10.7. The lowest BCUT2D eigenvalue weighted by Crippen LogP contribution is -2.39. The van der Waals surface area contributed by atoms with E-state index in [1.165, 1.54) is 0 Å². The molecule has 1 atom stereocenters. The predicted molar refractivity (Wildman–Crippen MR) is 74.4 cm³/mol. The van der Waals surface area contributed by atoms with Gasteiger partial charge in [0.05, 0.1) is 11.5 Å². The second-order valence-corrected chi connectivity index (χ2v) is 7.98. The van der Waals surface area contributed by atoms with Gasteiger partial charge in [-0.15, -0.1) is 0 Å². The molecule has 1 fully saturated rings. The Balaban J connectivity index is 2.66. The SMILES string of the molecule is CCC(C)CS(=O)(=O)CC1(CBr)CCOCC1. The first-order valence-electron chi connectivity index (χ1n) is 6.27. The molecule has 1 aliphatic heterocycles. The second-order valence-electron chi connectivity index (χ2n) is 5.31. The third-order valence-electron chi connectivity index (χ3n) is 3.60. The van der Waals surface area contributed by atoms with Crippen molar-refractivity contribution < 1.29 is 13.2 Å². The van der Waals surface area contributed by atoms with Crippen LogP contribution < -0.4 is 0 Å². The molecule has 17 heavy (non-hydrogen) atoms. The molecule has 5 heteroatoms. The topological polar surface area (TPSA) is 43.4 Å². The zero-order chi connectivity index (χ0) is 12.9. The van der Waals surface area contributed by atoms with Crippen LogP contribution in [-0.4, -0.2) is 38.5 Å². The van der Waals surface area contributed by atoms with E-state index in [2.05, 4.69) is 15.9 Å². The summed E-state index contributed by atoms with van der Waals surface area (Å²) in [5.41, 5.74) is -0.107. The minimum atomic E-state index is -2.95. The van der Waals surface area contributed by atoms with E-state index in [4.69, 9.17) is 4.74 Å². The minimum Gasteiger partial charge on any atom is -0.381 e. The maximum Gasteiger partial charge on any atom is 0.151 e. The van der Waals surface area contributed by atoms with Crippen LogP contribution in [0.15, 0.2) is 0 Å². The van der Waals surface area contributed by atoms with E-state index in [9.17, 15) is 8.42 Å². The van der Waals surface area contributed by atoms with Gasteiger partial charge < -0.3 is 4.74 Å². The Morgan fingerprint density at radius 3 is 2.41 bits per heavy atom. The normalized spacial score (nSPS) is 22.3. The molecule has 102 valence electrons. The van der Waals surface area contributed by atoms with E-state index >= 15 is 0 Å². The van der Waals surface area contributed by atoms with Crippen molar-refractivity contribution in [2.24, 2.45) is 11.3 Å². The van der Waals surface area contributed by atoms with E-state index in [1.54, 1.807) is 0 Å². The molecule has 3 nitrogen and oxygen atoms in total. The minimum absolute atomic E-state index is 0.107. The summed E-state index contributed by atoms with van der Waals surface area (Å²) in [4.78, 5) is 0. The quantitative estimate of drug-likeness (QED) is 0.705. The number of rotatable bonds is 6. The molecule has 0 aromatic rings. The summed E-state index contributed by atoms with van der Waals surface area (Å²) in [5, 5.41) is 0.753. The molecule has 0 aromatic carbocycles. The Kier molecular flexibility index (Phi) is 5.93. The van der Waals surface area contributed by atoms with Gasteiger partial charge in [0.1, 0.15) is 0 Å². The van der Waals surface area contributed by atoms with Crippen LogP contribution in [0.4, 0.5) is 0 Å². The average molecular weight is 327 g/mol. The molecule has 1 saturated heterocycles. The Labute approximate surface area is 113 Å². The molecular weight excluding hydrogens is 304 g/mol. The monoisotopic (exact) mass is 326 g/mol. The van der Waals surface area contributed by atoms with Crippen LogP contribution in [0.5, 0.6) is 0 Å².